The van der Waals surface area contributed by atoms with E-state index in [1.807, 2.05) is 13.8 Å². The second-order valence-electron chi connectivity index (χ2n) is 7.05. The molecule has 3 rings (SSSR count). The summed E-state index contributed by atoms with van der Waals surface area (Å²) in [6.07, 6.45) is 2.70. The van der Waals surface area contributed by atoms with Gasteiger partial charge in [0.15, 0.2) is 0 Å². The Bertz CT molecular complexity index is 1030. The molecule has 1 fully saturated rings. The van der Waals surface area contributed by atoms with Crippen LogP contribution in [-0.4, -0.2) is 33.2 Å². The molecule has 0 aliphatic carbocycles. The molecule has 1 aliphatic rings. The lowest BCUT2D eigenvalue weighted by atomic mass is 10.0. The molecule has 1 heterocycles. The topological polar surface area (TPSA) is 83.6 Å². The van der Waals surface area contributed by atoms with Gasteiger partial charge in [-0.1, -0.05) is 22.4 Å². The molecule has 2 unspecified atom stereocenters. The fourth-order valence-electron chi connectivity index (χ4n) is 3.52. The summed E-state index contributed by atoms with van der Waals surface area (Å²) in [5.74, 6) is 0. The van der Waals surface area contributed by atoms with Gasteiger partial charge in [0.2, 0.25) is 10.0 Å². The number of hydrogen-bond acceptors (Lipinski definition) is 4. The van der Waals surface area contributed by atoms with E-state index >= 15 is 0 Å². The van der Waals surface area contributed by atoms with Crippen molar-refractivity contribution in [2.75, 3.05) is 4.72 Å². The molecule has 0 saturated carbocycles. The molecule has 152 valence electrons. The van der Waals surface area contributed by atoms with Crippen molar-refractivity contribution in [1.29, 1.82) is 0 Å². The fourth-order valence-corrected chi connectivity index (χ4v) is 6.72. The Balaban J connectivity index is 1.82. The first kappa shape index (κ1) is 21.3. The molecule has 9 heteroatoms. The molecular formula is C19H23BrN2O4S2. The van der Waals surface area contributed by atoms with Gasteiger partial charge < -0.3 is 0 Å². The second-order valence-corrected chi connectivity index (χ2v) is 11.5. The van der Waals surface area contributed by atoms with Gasteiger partial charge in [0.1, 0.15) is 0 Å². The van der Waals surface area contributed by atoms with E-state index in [1.165, 1.54) is 36.4 Å². The SMILES string of the molecule is CC1CCCC(C)N1S(=O)(=O)c1ccc(NS(=O)(=O)c2ccc(Br)cc2)cc1. The summed E-state index contributed by atoms with van der Waals surface area (Å²) < 4.78 is 55.9. The zero-order chi connectivity index (χ0) is 20.5. The van der Waals surface area contributed by atoms with Gasteiger partial charge in [0.25, 0.3) is 10.0 Å². The number of halogens is 1. The van der Waals surface area contributed by atoms with Crippen molar-refractivity contribution in [2.24, 2.45) is 0 Å². The van der Waals surface area contributed by atoms with Crippen LogP contribution in [0.3, 0.4) is 0 Å². The van der Waals surface area contributed by atoms with Crippen LogP contribution in [0.25, 0.3) is 0 Å². The van der Waals surface area contributed by atoms with E-state index in [0.29, 0.717) is 5.69 Å². The van der Waals surface area contributed by atoms with E-state index in [0.717, 1.165) is 23.7 Å². The Morgan fingerprint density at radius 3 is 1.89 bits per heavy atom. The minimum atomic E-state index is -3.75. The van der Waals surface area contributed by atoms with E-state index in [9.17, 15) is 16.8 Å². The van der Waals surface area contributed by atoms with Crippen LogP contribution < -0.4 is 4.72 Å². The maximum absolute atomic E-state index is 13.0. The Morgan fingerprint density at radius 1 is 0.857 bits per heavy atom. The van der Waals surface area contributed by atoms with Crippen LogP contribution in [0.4, 0.5) is 5.69 Å². The highest BCUT2D eigenvalue weighted by molar-refractivity contribution is 9.10. The van der Waals surface area contributed by atoms with Gasteiger partial charge in [-0.2, -0.15) is 4.31 Å². The number of nitrogens with one attached hydrogen (secondary N) is 1. The van der Waals surface area contributed by atoms with Crippen molar-refractivity contribution in [2.45, 2.75) is 55.0 Å². The lowest BCUT2D eigenvalue weighted by molar-refractivity contribution is 0.204. The molecule has 1 aliphatic heterocycles. The van der Waals surface area contributed by atoms with E-state index in [4.69, 9.17) is 0 Å². The average Bonchev–Trinajstić information content (AvgIpc) is 2.62. The van der Waals surface area contributed by atoms with E-state index in [1.54, 1.807) is 16.4 Å². The zero-order valence-corrected chi connectivity index (χ0v) is 18.9. The van der Waals surface area contributed by atoms with Crippen molar-refractivity contribution < 1.29 is 16.8 Å². The van der Waals surface area contributed by atoms with Crippen molar-refractivity contribution in [3.8, 4) is 0 Å². The quantitative estimate of drug-likeness (QED) is 0.685. The molecule has 0 amide bonds. The minimum Gasteiger partial charge on any atom is -0.280 e. The van der Waals surface area contributed by atoms with Gasteiger partial charge in [-0.15, -0.1) is 0 Å². The van der Waals surface area contributed by atoms with Crippen LogP contribution in [0, 0.1) is 0 Å². The molecule has 0 bridgehead atoms. The molecule has 0 spiro atoms. The summed E-state index contributed by atoms with van der Waals surface area (Å²) >= 11 is 3.27. The largest absolute Gasteiger partial charge is 0.280 e. The number of hydrogen-bond donors (Lipinski definition) is 1. The third kappa shape index (κ3) is 4.42. The Kier molecular flexibility index (Phi) is 6.19. The summed E-state index contributed by atoms with van der Waals surface area (Å²) in [5.41, 5.74) is 0.307. The van der Waals surface area contributed by atoms with Crippen LogP contribution in [0.15, 0.2) is 62.8 Å². The van der Waals surface area contributed by atoms with Gasteiger partial charge in [0.05, 0.1) is 9.79 Å². The lowest BCUT2D eigenvalue weighted by Crippen LogP contribution is -2.47. The average molecular weight is 487 g/mol. The van der Waals surface area contributed by atoms with Crippen LogP contribution in [0.5, 0.6) is 0 Å². The van der Waals surface area contributed by atoms with Crippen LogP contribution in [-0.2, 0) is 20.0 Å². The Hall–Kier alpha value is -1.42. The normalized spacial score (nSPS) is 21.4. The van der Waals surface area contributed by atoms with Crippen LogP contribution in [0.1, 0.15) is 33.1 Å². The second kappa shape index (κ2) is 8.14. The molecule has 6 nitrogen and oxygen atoms in total. The zero-order valence-electron chi connectivity index (χ0n) is 15.7. The summed E-state index contributed by atoms with van der Waals surface area (Å²) in [6.45, 7) is 3.85. The monoisotopic (exact) mass is 486 g/mol. The number of piperidine rings is 1. The van der Waals surface area contributed by atoms with E-state index < -0.39 is 20.0 Å². The van der Waals surface area contributed by atoms with Crippen molar-refractivity contribution in [1.82, 2.24) is 4.31 Å². The van der Waals surface area contributed by atoms with Gasteiger partial charge >= 0.3 is 0 Å². The first-order chi connectivity index (χ1) is 13.1. The molecule has 2 aromatic rings. The predicted octanol–water partition coefficient (Wildman–Crippen LogP) is 4.20. The summed E-state index contributed by atoms with van der Waals surface area (Å²) in [5, 5.41) is 0. The third-order valence-electron chi connectivity index (χ3n) is 4.92. The fraction of sp³-hybridized carbons (Fsp3) is 0.368. The van der Waals surface area contributed by atoms with Crippen molar-refractivity contribution >= 4 is 41.7 Å². The highest BCUT2D eigenvalue weighted by atomic mass is 79.9. The molecule has 1 N–H and O–H groups in total. The maximum Gasteiger partial charge on any atom is 0.261 e. The molecule has 1 saturated heterocycles. The van der Waals surface area contributed by atoms with Crippen LogP contribution in [0.2, 0.25) is 0 Å². The van der Waals surface area contributed by atoms with E-state index in [-0.39, 0.29) is 21.9 Å². The first-order valence-electron chi connectivity index (χ1n) is 9.03. The number of nitrogens with zero attached hydrogens (tertiary/aromatic N) is 1. The van der Waals surface area contributed by atoms with Gasteiger partial charge in [-0.25, -0.2) is 16.8 Å². The van der Waals surface area contributed by atoms with Crippen LogP contribution >= 0.6 is 15.9 Å². The molecule has 28 heavy (non-hydrogen) atoms. The predicted molar refractivity (Wildman–Crippen MR) is 113 cm³/mol. The molecule has 0 aromatic heterocycles. The highest BCUT2D eigenvalue weighted by Crippen LogP contribution is 2.30. The smallest absolute Gasteiger partial charge is 0.261 e. The number of rotatable bonds is 5. The Morgan fingerprint density at radius 2 is 1.36 bits per heavy atom. The Labute approximate surface area is 175 Å². The highest BCUT2D eigenvalue weighted by Gasteiger charge is 2.35. The van der Waals surface area contributed by atoms with Crippen molar-refractivity contribution in [3.63, 3.8) is 0 Å². The lowest BCUT2D eigenvalue weighted by Gasteiger charge is -2.37. The molecule has 0 radical (unpaired) electrons. The third-order valence-corrected chi connectivity index (χ3v) is 8.99. The van der Waals surface area contributed by atoms with Crippen molar-refractivity contribution in [3.05, 3.63) is 53.0 Å². The summed E-state index contributed by atoms with van der Waals surface area (Å²) in [4.78, 5) is 0.294. The van der Waals surface area contributed by atoms with Gasteiger partial charge in [0, 0.05) is 22.2 Å². The van der Waals surface area contributed by atoms with E-state index in [2.05, 4.69) is 20.7 Å². The number of anilines is 1. The molecule has 2 aromatic carbocycles. The number of sulfonamides is 2. The summed E-state index contributed by atoms with van der Waals surface area (Å²) in [6, 6.07) is 12.0. The number of benzene rings is 2. The minimum absolute atomic E-state index is 0.0515. The van der Waals surface area contributed by atoms with Gasteiger partial charge in [-0.3, -0.25) is 4.72 Å². The summed E-state index contributed by atoms with van der Waals surface area (Å²) in [7, 11) is -7.37. The van der Waals surface area contributed by atoms with Gasteiger partial charge in [-0.05, 0) is 75.2 Å². The first-order valence-corrected chi connectivity index (χ1v) is 12.7. The molecule has 2 atom stereocenters. The standard InChI is InChI=1S/C19H23BrN2O4S2/c1-14-4-3-5-15(2)22(14)28(25,26)19-12-8-17(9-13-19)21-27(23,24)18-10-6-16(20)7-11-18/h6-15,21H,3-5H2,1-2H3. The molecular weight excluding hydrogens is 464 g/mol. The maximum atomic E-state index is 13.0.